The molecule has 0 radical (unpaired) electrons. The van der Waals surface area contributed by atoms with Crippen LogP contribution in [0.15, 0.2) is 126 Å². The molecule has 0 atom stereocenters. The van der Waals surface area contributed by atoms with Gasteiger partial charge in [0.15, 0.2) is 5.75 Å². The van der Waals surface area contributed by atoms with Crippen LogP contribution in [0.5, 0.6) is 11.5 Å². The SMILES string of the molecule is CCc1cc(C)c(NS(=O)(=O)c2cc(C(=O)O)cc(C(=O)O)c2O)c(CC)c1N=c1cc2oc3cc(Nc4c(CC)cc(C)c(NS(=O)(=O)c5cc(C(=O)O)ccc5O)c4CC)ccc3c(-c3ccccc3S(=O)(=O)O)c-2cc1S(=O)(=O)O. The summed E-state index contributed by atoms with van der Waals surface area (Å²) >= 11 is 0. The number of rotatable bonds is 19. The summed E-state index contributed by atoms with van der Waals surface area (Å²) in [6.07, 6.45) is 0.777. The zero-order chi connectivity index (χ0) is 61.0. The molecule has 10 N–H and O–H groups in total. The van der Waals surface area contributed by atoms with E-state index in [2.05, 4.69) is 14.8 Å². The lowest BCUT2D eigenvalue weighted by molar-refractivity contribution is 0.0680. The van der Waals surface area contributed by atoms with Gasteiger partial charge in [-0.05, 0) is 116 Å². The van der Waals surface area contributed by atoms with Crippen molar-refractivity contribution in [2.45, 2.75) is 86.8 Å². The number of carbonyl (C=O) groups is 3. The van der Waals surface area contributed by atoms with Gasteiger partial charge < -0.3 is 35.3 Å². The lowest BCUT2D eigenvalue weighted by atomic mass is 9.93. The summed E-state index contributed by atoms with van der Waals surface area (Å²) in [5, 5.41) is 53.4. The summed E-state index contributed by atoms with van der Waals surface area (Å²) < 4.78 is 142. The van der Waals surface area contributed by atoms with E-state index in [1.54, 1.807) is 39.8 Å². The number of aryl methyl sites for hydroxylation is 4. The zero-order valence-corrected chi connectivity index (χ0v) is 47.9. The van der Waals surface area contributed by atoms with Gasteiger partial charge in [0, 0.05) is 56.7 Å². The van der Waals surface area contributed by atoms with Gasteiger partial charge in [-0.15, -0.1) is 0 Å². The summed E-state index contributed by atoms with van der Waals surface area (Å²) in [4.78, 5) is 37.2. The first-order valence-corrected chi connectivity index (χ1v) is 30.9. The predicted octanol–water partition coefficient (Wildman–Crippen LogP) is 9.65. The van der Waals surface area contributed by atoms with Crippen LogP contribution in [0.25, 0.3) is 33.4 Å². The van der Waals surface area contributed by atoms with Crippen molar-refractivity contribution in [2.24, 2.45) is 4.99 Å². The Kier molecular flexibility index (Phi) is 16.3. The maximum Gasteiger partial charge on any atom is 0.339 e. The molecule has 83 heavy (non-hydrogen) atoms. The van der Waals surface area contributed by atoms with Gasteiger partial charge >= 0.3 is 17.9 Å². The van der Waals surface area contributed by atoms with Gasteiger partial charge in [0.1, 0.15) is 42.2 Å². The zero-order valence-electron chi connectivity index (χ0n) is 44.7. The molecule has 0 bridgehead atoms. The van der Waals surface area contributed by atoms with Crippen molar-refractivity contribution in [1.29, 1.82) is 0 Å². The summed E-state index contributed by atoms with van der Waals surface area (Å²) in [5.74, 6) is -7.10. The first kappa shape index (κ1) is 60.2. The summed E-state index contributed by atoms with van der Waals surface area (Å²) in [6.45, 7) is 10.1. The Hall–Kier alpha value is -8.86. The van der Waals surface area contributed by atoms with E-state index in [1.165, 1.54) is 43.3 Å². The second-order valence-corrected chi connectivity index (χ2v) is 25.0. The van der Waals surface area contributed by atoms with Gasteiger partial charge in [0.05, 0.1) is 33.5 Å². The Morgan fingerprint density at radius 3 is 1.71 bits per heavy atom. The van der Waals surface area contributed by atoms with Crippen molar-refractivity contribution < 1.29 is 87.1 Å². The Bertz CT molecular complexity index is 4600. The van der Waals surface area contributed by atoms with E-state index in [0.717, 1.165) is 36.4 Å². The Morgan fingerprint density at radius 2 is 1.13 bits per heavy atom. The standard InChI is InChI=1S/C56H52N4O19S4/c1-7-29-19-27(5)49(59-80(69,70)46-22-31(54(63)64)15-18-41(46)61)34(9-3)51(29)57-33-16-17-36-42(24-33)79-43-26-40(45(83(76,77)78)25-38(43)48(36)37-13-11-12-14-44(37)82(73,74)75)58-52-30(8-2)20-28(6)50(35(52)10-4)60-81(71,72)47-23-32(55(65)66)21-39(53(47)62)56(67)68/h11-26,57,59-62H,7-10H2,1-6H3,(H,63,64)(H,65,66)(H,67,68)(H,73,74,75)(H,76,77,78). The minimum atomic E-state index is -5.31. The maximum absolute atomic E-state index is 14.1. The molecule has 0 unspecified atom stereocenters. The fourth-order valence-electron chi connectivity index (χ4n) is 9.81. The van der Waals surface area contributed by atoms with Crippen molar-refractivity contribution in [2.75, 3.05) is 14.8 Å². The van der Waals surface area contributed by atoms with Crippen LogP contribution in [-0.4, -0.2) is 86.2 Å². The van der Waals surface area contributed by atoms with Crippen molar-refractivity contribution in [1.82, 2.24) is 0 Å². The van der Waals surface area contributed by atoms with Crippen LogP contribution in [-0.2, 0) is 66.0 Å². The largest absolute Gasteiger partial charge is 0.507 e. The molecule has 6 aromatic carbocycles. The molecule has 1 heterocycles. The smallest absolute Gasteiger partial charge is 0.339 e. The molecule has 1 aliphatic carbocycles. The van der Waals surface area contributed by atoms with Gasteiger partial charge in [-0.2, -0.15) is 16.8 Å². The van der Waals surface area contributed by atoms with Crippen molar-refractivity contribution in [3.63, 3.8) is 0 Å². The van der Waals surface area contributed by atoms with Crippen LogP contribution in [0.1, 0.15) is 92.1 Å². The Morgan fingerprint density at radius 1 is 0.554 bits per heavy atom. The molecule has 0 aromatic heterocycles. The van der Waals surface area contributed by atoms with E-state index in [4.69, 9.17) is 9.41 Å². The quantitative estimate of drug-likeness (QED) is 0.0266. The minimum absolute atomic E-state index is 0.00270. The maximum atomic E-state index is 14.1. The number of sulfonamides is 2. The third-order valence-corrected chi connectivity index (χ3v) is 18.2. The second-order valence-electron chi connectivity index (χ2n) is 18.9. The molecular weight excluding hydrogens is 1160 g/mol. The number of carboxylic acids is 3. The number of anilines is 4. The van der Waals surface area contributed by atoms with Crippen LogP contribution in [0, 0.1) is 13.8 Å². The van der Waals surface area contributed by atoms with Crippen LogP contribution in [0.3, 0.4) is 0 Å². The highest BCUT2D eigenvalue weighted by Crippen LogP contribution is 2.46. The molecule has 0 saturated heterocycles. The number of phenolic OH excluding ortho intramolecular Hbond substituents is 1. The third kappa shape index (κ3) is 11.7. The van der Waals surface area contributed by atoms with E-state index >= 15 is 0 Å². The molecule has 2 aliphatic rings. The molecule has 434 valence electrons. The van der Waals surface area contributed by atoms with Crippen molar-refractivity contribution in [3.05, 3.63) is 152 Å². The molecule has 0 spiro atoms. The number of nitrogens with one attached hydrogen (secondary N) is 3. The van der Waals surface area contributed by atoms with E-state index in [-0.39, 0.29) is 80.9 Å². The van der Waals surface area contributed by atoms with E-state index in [1.807, 2.05) is 6.92 Å². The topological polar surface area (TPSA) is 391 Å². The van der Waals surface area contributed by atoms with Gasteiger partial charge in [-0.1, -0.05) is 58.0 Å². The second kappa shape index (κ2) is 22.5. The van der Waals surface area contributed by atoms with Crippen LogP contribution in [0.2, 0.25) is 0 Å². The van der Waals surface area contributed by atoms with Gasteiger partial charge in [-0.3, -0.25) is 18.5 Å². The van der Waals surface area contributed by atoms with E-state index < -0.39 is 111 Å². The molecular formula is C56H52N4O19S4. The number of carboxylic acid groups (broad SMARTS) is 3. The molecule has 0 saturated carbocycles. The minimum Gasteiger partial charge on any atom is -0.507 e. The van der Waals surface area contributed by atoms with Gasteiger partial charge in [0.25, 0.3) is 40.3 Å². The number of aromatic carboxylic acids is 3. The third-order valence-electron chi connectivity index (χ3n) is 13.7. The summed E-state index contributed by atoms with van der Waals surface area (Å²) in [6, 6.07) is 19.2. The predicted molar refractivity (Wildman–Crippen MR) is 305 cm³/mol. The molecule has 6 aromatic rings. The molecule has 23 nitrogen and oxygen atoms in total. The lowest BCUT2D eigenvalue weighted by Gasteiger charge is -2.23. The number of aromatic hydroxyl groups is 2. The number of hydrogen-bond acceptors (Lipinski definition) is 16. The molecule has 1 aliphatic heterocycles. The van der Waals surface area contributed by atoms with Crippen LogP contribution < -0.4 is 20.1 Å². The summed E-state index contributed by atoms with van der Waals surface area (Å²) in [5.41, 5.74) is 0.637. The highest BCUT2D eigenvalue weighted by molar-refractivity contribution is 7.93. The number of hydrogen-bond donors (Lipinski definition) is 10. The van der Waals surface area contributed by atoms with Gasteiger partial charge in [0.2, 0.25) is 0 Å². The fraction of sp³-hybridized carbons (Fsp3) is 0.179. The summed E-state index contributed by atoms with van der Waals surface area (Å²) in [7, 11) is -20.0. The Balaban J connectivity index is 1.38. The highest BCUT2D eigenvalue weighted by atomic mass is 32.2. The number of benzene rings is 7. The monoisotopic (exact) mass is 1210 g/mol. The Labute approximate surface area is 475 Å². The molecule has 0 amide bonds. The number of phenols is 2. The van der Waals surface area contributed by atoms with Crippen molar-refractivity contribution in [3.8, 4) is 33.9 Å². The van der Waals surface area contributed by atoms with Gasteiger partial charge in [-0.25, -0.2) is 36.2 Å². The average Bonchev–Trinajstić information content (AvgIpc) is 1.73. The number of fused-ring (bicyclic) bond motifs is 2. The van der Waals surface area contributed by atoms with Crippen molar-refractivity contribution >= 4 is 97.6 Å². The molecule has 8 rings (SSSR count). The van der Waals surface area contributed by atoms with E-state index in [0.29, 0.717) is 52.2 Å². The van der Waals surface area contributed by atoms with E-state index in [9.17, 15) is 82.7 Å². The first-order chi connectivity index (χ1) is 38.8. The first-order valence-electron chi connectivity index (χ1n) is 25.0. The van der Waals surface area contributed by atoms with Crippen LogP contribution in [0.4, 0.5) is 28.4 Å². The highest BCUT2D eigenvalue weighted by Gasteiger charge is 2.31. The molecule has 27 heteroatoms. The lowest BCUT2D eigenvalue weighted by Crippen LogP contribution is -2.18. The van der Waals surface area contributed by atoms with Crippen LogP contribution >= 0.6 is 0 Å². The average molecular weight is 1210 g/mol. The number of nitrogens with zero attached hydrogens (tertiary/aromatic N) is 1. The molecule has 0 fully saturated rings. The normalized spacial score (nSPS) is 12.4. The fourth-order valence-corrected chi connectivity index (χ4v) is 13.7.